The molecule has 2 rings (SSSR count). The molecule has 96 valence electrons. The number of nitrogens with zero attached hydrogens (tertiary/aromatic N) is 3. The van der Waals surface area contributed by atoms with Crippen LogP contribution in [0.3, 0.4) is 0 Å². The van der Waals surface area contributed by atoms with Crippen molar-refractivity contribution < 1.29 is 9.90 Å². The highest BCUT2D eigenvalue weighted by Crippen LogP contribution is 2.32. The molecule has 0 aliphatic carbocycles. The Morgan fingerprint density at radius 1 is 1.67 bits per heavy atom. The smallest absolute Gasteiger partial charge is 0.265 e. The van der Waals surface area contributed by atoms with Gasteiger partial charge in [-0.3, -0.25) is 4.79 Å². The number of aromatic nitrogens is 2. The normalized spacial score (nSPS) is 12.6. The van der Waals surface area contributed by atoms with E-state index < -0.39 is 6.10 Å². The first-order valence-electron chi connectivity index (χ1n) is 5.44. The zero-order valence-electron chi connectivity index (χ0n) is 10.1. The van der Waals surface area contributed by atoms with Crippen molar-refractivity contribution in [3.63, 3.8) is 0 Å². The van der Waals surface area contributed by atoms with Crippen molar-refractivity contribution in [1.82, 2.24) is 15.1 Å². The molecule has 3 N–H and O–H groups in total. The zero-order chi connectivity index (χ0) is 13.3. The molecule has 0 aliphatic heterocycles. The molecule has 6 nitrogen and oxygen atoms in total. The van der Waals surface area contributed by atoms with Gasteiger partial charge in [-0.05, 0) is 13.0 Å². The molecule has 0 spiro atoms. The van der Waals surface area contributed by atoms with Crippen molar-refractivity contribution in [2.24, 2.45) is 0 Å². The third kappa shape index (κ3) is 2.27. The van der Waals surface area contributed by atoms with E-state index in [4.69, 9.17) is 5.73 Å². The van der Waals surface area contributed by atoms with Gasteiger partial charge in [-0.1, -0.05) is 0 Å². The van der Waals surface area contributed by atoms with Crippen LogP contribution in [-0.2, 0) is 0 Å². The van der Waals surface area contributed by atoms with Crippen molar-refractivity contribution in [3.05, 3.63) is 17.1 Å². The van der Waals surface area contributed by atoms with Gasteiger partial charge in [0.05, 0.1) is 18.0 Å². The maximum Gasteiger partial charge on any atom is 0.265 e. The zero-order valence-corrected chi connectivity index (χ0v) is 10.9. The number of carbonyl (C=O) groups is 1. The molecule has 2 aromatic rings. The van der Waals surface area contributed by atoms with E-state index >= 15 is 0 Å². The second-order valence-electron chi connectivity index (χ2n) is 4.13. The van der Waals surface area contributed by atoms with Gasteiger partial charge in [-0.25, -0.2) is 0 Å². The summed E-state index contributed by atoms with van der Waals surface area (Å²) in [5.74, 6) is -0.212. The third-order valence-corrected chi connectivity index (χ3v) is 3.59. The maximum atomic E-state index is 12.2. The number of rotatable bonds is 3. The SMILES string of the molecule is CC(O)CN(C)C(=O)c1sc2nnccc2c1N. The first-order chi connectivity index (χ1) is 8.50. The number of hydrogen-bond donors (Lipinski definition) is 2. The maximum absolute atomic E-state index is 12.2. The summed E-state index contributed by atoms with van der Waals surface area (Å²) in [5.41, 5.74) is 6.36. The van der Waals surface area contributed by atoms with Crippen molar-refractivity contribution in [2.75, 3.05) is 19.3 Å². The van der Waals surface area contributed by atoms with Crippen LogP contribution < -0.4 is 5.73 Å². The first-order valence-corrected chi connectivity index (χ1v) is 6.25. The Balaban J connectivity index is 2.36. The molecular weight excluding hydrogens is 252 g/mol. The van der Waals surface area contributed by atoms with Crippen LogP contribution in [0.5, 0.6) is 0 Å². The number of fused-ring (bicyclic) bond motifs is 1. The monoisotopic (exact) mass is 266 g/mol. The number of aliphatic hydroxyl groups is 1. The fourth-order valence-corrected chi connectivity index (χ4v) is 2.72. The lowest BCUT2D eigenvalue weighted by Crippen LogP contribution is -2.32. The third-order valence-electron chi connectivity index (χ3n) is 2.50. The van der Waals surface area contributed by atoms with Crippen LogP contribution in [0.25, 0.3) is 10.2 Å². The van der Waals surface area contributed by atoms with Gasteiger partial charge in [0.15, 0.2) is 0 Å². The van der Waals surface area contributed by atoms with E-state index in [0.29, 0.717) is 15.4 Å². The van der Waals surface area contributed by atoms with Gasteiger partial charge in [-0.15, -0.1) is 16.4 Å². The summed E-state index contributed by atoms with van der Waals surface area (Å²) >= 11 is 1.22. The van der Waals surface area contributed by atoms with Crippen LogP contribution in [0.4, 0.5) is 5.69 Å². The first kappa shape index (κ1) is 12.7. The van der Waals surface area contributed by atoms with E-state index in [-0.39, 0.29) is 12.5 Å². The highest BCUT2D eigenvalue weighted by Gasteiger charge is 2.21. The molecule has 2 heterocycles. The van der Waals surface area contributed by atoms with Crippen LogP contribution in [0, 0.1) is 0 Å². The standard InChI is InChI=1S/C11H14N4O2S/c1-6(16)5-15(2)11(17)9-8(12)7-3-4-13-14-10(7)18-9/h3-4,6,16H,5,12H2,1-2H3. The van der Waals surface area contributed by atoms with E-state index in [1.54, 1.807) is 26.2 Å². The highest BCUT2D eigenvalue weighted by molar-refractivity contribution is 7.21. The van der Waals surface area contributed by atoms with Crippen molar-refractivity contribution >= 4 is 33.1 Å². The molecule has 0 radical (unpaired) electrons. The van der Waals surface area contributed by atoms with E-state index in [9.17, 15) is 9.90 Å². The quantitative estimate of drug-likeness (QED) is 0.854. The number of thiophene rings is 1. The minimum absolute atomic E-state index is 0.212. The van der Waals surface area contributed by atoms with Gasteiger partial charge in [0.1, 0.15) is 9.71 Å². The molecule has 18 heavy (non-hydrogen) atoms. The summed E-state index contributed by atoms with van der Waals surface area (Å²) in [7, 11) is 1.63. The number of nitrogen functional groups attached to an aromatic ring is 1. The fourth-order valence-electron chi connectivity index (χ4n) is 1.68. The molecule has 7 heteroatoms. The summed E-state index contributed by atoms with van der Waals surface area (Å²) in [4.78, 5) is 14.7. The molecule has 0 saturated carbocycles. The average Bonchev–Trinajstić information content (AvgIpc) is 2.66. The van der Waals surface area contributed by atoms with Crippen LogP contribution in [0.2, 0.25) is 0 Å². The second-order valence-corrected chi connectivity index (χ2v) is 5.13. The molecule has 0 fully saturated rings. The Morgan fingerprint density at radius 3 is 3.00 bits per heavy atom. The number of likely N-dealkylation sites (N-methyl/N-ethyl adjacent to an activating group) is 1. The minimum Gasteiger partial charge on any atom is -0.397 e. The van der Waals surface area contributed by atoms with Crippen molar-refractivity contribution in [1.29, 1.82) is 0 Å². The second kappa shape index (κ2) is 4.87. The number of carbonyl (C=O) groups excluding carboxylic acids is 1. The number of nitrogens with two attached hydrogens (primary N) is 1. The molecular formula is C11H14N4O2S. The average molecular weight is 266 g/mol. The molecule has 1 amide bonds. The van der Waals surface area contributed by atoms with Crippen LogP contribution in [0.15, 0.2) is 12.3 Å². The minimum atomic E-state index is -0.575. The molecule has 0 aliphatic rings. The van der Waals surface area contributed by atoms with Crippen LogP contribution in [0.1, 0.15) is 16.6 Å². The number of aliphatic hydroxyl groups excluding tert-OH is 1. The van der Waals surface area contributed by atoms with Crippen molar-refractivity contribution in [3.8, 4) is 0 Å². The lowest BCUT2D eigenvalue weighted by Gasteiger charge is -2.18. The molecule has 1 unspecified atom stereocenters. The number of amides is 1. The van der Waals surface area contributed by atoms with Gasteiger partial charge >= 0.3 is 0 Å². The van der Waals surface area contributed by atoms with Crippen LogP contribution in [-0.4, -0.2) is 45.8 Å². The fraction of sp³-hybridized carbons (Fsp3) is 0.364. The largest absolute Gasteiger partial charge is 0.397 e. The molecule has 0 aromatic carbocycles. The topological polar surface area (TPSA) is 92.3 Å². The van der Waals surface area contributed by atoms with Crippen LogP contribution >= 0.6 is 11.3 Å². The Kier molecular flexibility index (Phi) is 3.44. The molecule has 0 bridgehead atoms. The molecule has 1 atom stereocenters. The van der Waals surface area contributed by atoms with Gasteiger partial charge in [0.25, 0.3) is 5.91 Å². The van der Waals surface area contributed by atoms with Gasteiger partial charge in [0.2, 0.25) is 0 Å². The summed E-state index contributed by atoms with van der Waals surface area (Å²) in [6.45, 7) is 1.89. The Labute approximate surface area is 108 Å². The lowest BCUT2D eigenvalue weighted by molar-refractivity contribution is 0.0709. The van der Waals surface area contributed by atoms with Gasteiger partial charge < -0.3 is 15.7 Å². The summed E-state index contributed by atoms with van der Waals surface area (Å²) in [6, 6.07) is 1.74. The Bertz CT molecular complexity index is 581. The highest BCUT2D eigenvalue weighted by atomic mass is 32.1. The predicted molar refractivity (Wildman–Crippen MR) is 70.5 cm³/mol. The summed E-state index contributed by atoms with van der Waals surface area (Å²) in [6.07, 6.45) is 0.966. The number of hydrogen-bond acceptors (Lipinski definition) is 6. The number of anilines is 1. The van der Waals surface area contributed by atoms with E-state index in [1.807, 2.05) is 0 Å². The Morgan fingerprint density at radius 2 is 2.39 bits per heavy atom. The molecule has 0 saturated heterocycles. The molecule has 2 aromatic heterocycles. The van der Waals surface area contributed by atoms with Gasteiger partial charge in [-0.2, -0.15) is 5.10 Å². The summed E-state index contributed by atoms with van der Waals surface area (Å²) < 4.78 is 0. The van der Waals surface area contributed by atoms with Gasteiger partial charge in [0, 0.05) is 19.0 Å². The van der Waals surface area contributed by atoms with E-state index in [1.165, 1.54) is 16.2 Å². The Hall–Kier alpha value is -1.73. The van der Waals surface area contributed by atoms with E-state index in [0.717, 1.165) is 5.39 Å². The predicted octanol–water partition coefficient (Wildman–Crippen LogP) is 0.726. The summed E-state index contributed by atoms with van der Waals surface area (Å²) in [5, 5.41) is 17.7. The van der Waals surface area contributed by atoms with E-state index in [2.05, 4.69) is 10.2 Å². The van der Waals surface area contributed by atoms with Crippen molar-refractivity contribution in [2.45, 2.75) is 13.0 Å². The lowest BCUT2D eigenvalue weighted by atomic mass is 10.2.